The maximum absolute atomic E-state index is 6.76. The molecule has 1 aliphatic heterocycles. The largest absolute Gasteiger partial charge is 0.509 e. The van der Waals surface area contributed by atoms with Crippen LogP contribution >= 0.6 is 0 Å². The number of aromatic nitrogens is 2. The average Bonchev–Trinajstić information content (AvgIpc) is 3.87. The molecule has 0 atom stereocenters. The van der Waals surface area contributed by atoms with Crippen molar-refractivity contribution in [3.05, 3.63) is 199 Å². The van der Waals surface area contributed by atoms with E-state index in [2.05, 4.69) is 250 Å². The Kier molecular flexibility index (Phi) is 12.5. The second-order valence-corrected chi connectivity index (χ2v) is 22.8. The molecule has 10 rings (SSSR count). The minimum absolute atomic E-state index is 0. The van der Waals surface area contributed by atoms with Crippen LogP contribution in [-0.2, 0) is 42.7 Å². The molecule has 0 unspecified atom stereocenters. The summed E-state index contributed by atoms with van der Waals surface area (Å²) in [7, 11) is 0. The molecule has 0 saturated carbocycles. The Balaban J connectivity index is 0.00000608. The Labute approximate surface area is 430 Å². The van der Waals surface area contributed by atoms with Crippen LogP contribution in [0.25, 0.3) is 49.9 Å². The summed E-state index contributed by atoms with van der Waals surface area (Å²) in [6.07, 6.45) is 2.05. The summed E-state index contributed by atoms with van der Waals surface area (Å²) in [5, 5.41) is 2.22. The van der Waals surface area contributed by atoms with Gasteiger partial charge in [-0.2, -0.15) is 12.1 Å². The first-order valence-corrected chi connectivity index (χ1v) is 24.3. The molecular formula is C64H63N4OPt-3. The quantitative estimate of drug-likeness (QED) is 0.149. The molecule has 0 aliphatic carbocycles. The third-order valence-corrected chi connectivity index (χ3v) is 13.5. The van der Waals surface area contributed by atoms with Crippen molar-refractivity contribution in [3.8, 4) is 39.6 Å². The minimum atomic E-state index is -0.146. The molecule has 6 heteroatoms. The van der Waals surface area contributed by atoms with Gasteiger partial charge in [-0.25, -0.2) is 4.98 Å². The van der Waals surface area contributed by atoms with Gasteiger partial charge >= 0.3 is 0 Å². The van der Waals surface area contributed by atoms with E-state index in [1.54, 1.807) is 0 Å². The van der Waals surface area contributed by atoms with E-state index in [1.807, 2.05) is 24.4 Å². The second kappa shape index (κ2) is 18.1. The van der Waals surface area contributed by atoms with E-state index >= 15 is 0 Å². The van der Waals surface area contributed by atoms with Gasteiger partial charge in [0.1, 0.15) is 5.82 Å². The van der Waals surface area contributed by atoms with Crippen molar-refractivity contribution in [3.63, 3.8) is 0 Å². The van der Waals surface area contributed by atoms with Gasteiger partial charge in [-0.15, -0.1) is 48.1 Å². The van der Waals surface area contributed by atoms with Crippen LogP contribution in [0.3, 0.4) is 0 Å². The van der Waals surface area contributed by atoms with E-state index in [9.17, 15) is 0 Å². The zero-order chi connectivity index (χ0) is 48.6. The number of hydrogen-bond acceptors (Lipinski definition) is 4. The maximum Gasteiger partial charge on any atom is 0.135 e. The Morgan fingerprint density at radius 1 is 0.500 bits per heavy atom. The molecule has 0 bridgehead atoms. The number of fused-ring (bicyclic) bond motifs is 4. The van der Waals surface area contributed by atoms with Crippen LogP contribution in [0.1, 0.15) is 105 Å². The fourth-order valence-corrected chi connectivity index (χ4v) is 9.56. The van der Waals surface area contributed by atoms with Gasteiger partial charge in [0.2, 0.25) is 0 Å². The number of nitrogens with zero attached hydrogens (tertiary/aromatic N) is 4. The first kappa shape index (κ1) is 48.6. The predicted molar refractivity (Wildman–Crippen MR) is 290 cm³/mol. The van der Waals surface area contributed by atoms with Crippen LogP contribution in [-0.4, -0.2) is 9.55 Å². The van der Waals surface area contributed by atoms with Gasteiger partial charge in [0.25, 0.3) is 0 Å². The van der Waals surface area contributed by atoms with Crippen molar-refractivity contribution in [2.45, 2.75) is 105 Å². The predicted octanol–water partition coefficient (Wildman–Crippen LogP) is 17.5. The van der Waals surface area contributed by atoms with Crippen molar-refractivity contribution in [1.29, 1.82) is 0 Å². The molecule has 0 N–H and O–H groups in total. The minimum Gasteiger partial charge on any atom is -0.509 e. The number of hydrogen-bond donors (Lipinski definition) is 0. The van der Waals surface area contributed by atoms with Gasteiger partial charge in [-0.3, -0.25) is 0 Å². The zero-order valence-electron chi connectivity index (χ0n) is 42.6. The van der Waals surface area contributed by atoms with E-state index in [4.69, 9.17) is 9.72 Å². The summed E-state index contributed by atoms with van der Waals surface area (Å²) in [6.45, 7) is 29.6. The molecule has 358 valence electrons. The smallest absolute Gasteiger partial charge is 0.135 e. The summed E-state index contributed by atoms with van der Waals surface area (Å²) in [6, 6.07) is 61.8. The Hall–Kier alpha value is -6.42. The fourth-order valence-electron chi connectivity index (χ4n) is 9.56. The Morgan fingerprint density at radius 3 is 1.80 bits per heavy atom. The molecule has 3 heterocycles. The van der Waals surface area contributed by atoms with Crippen LogP contribution in [0, 0.1) is 18.8 Å². The topological polar surface area (TPSA) is 33.5 Å². The molecular weight excluding hydrogens is 1040 g/mol. The number of ether oxygens (including phenoxy) is 1. The zero-order valence-corrected chi connectivity index (χ0v) is 44.9. The van der Waals surface area contributed by atoms with Gasteiger partial charge in [-0.05, 0) is 90.8 Å². The number of benzene rings is 7. The van der Waals surface area contributed by atoms with Gasteiger partial charge in [-0.1, -0.05) is 180 Å². The number of pyridine rings is 1. The molecule has 0 saturated heterocycles. The first-order chi connectivity index (χ1) is 32.7. The first-order valence-electron chi connectivity index (χ1n) is 24.3. The summed E-state index contributed by atoms with van der Waals surface area (Å²) in [5.41, 5.74) is 15.8. The second-order valence-electron chi connectivity index (χ2n) is 22.8. The molecule has 5 nitrogen and oxygen atoms in total. The van der Waals surface area contributed by atoms with Crippen LogP contribution in [0.5, 0.6) is 11.5 Å². The molecule has 2 aromatic heterocycles. The van der Waals surface area contributed by atoms with Crippen LogP contribution < -0.4 is 14.5 Å². The Morgan fingerprint density at radius 2 is 1.13 bits per heavy atom. The monoisotopic (exact) mass is 1100 g/mol. The molecule has 0 radical (unpaired) electrons. The molecule has 0 fully saturated rings. The van der Waals surface area contributed by atoms with E-state index in [0.717, 1.165) is 67.1 Å². The van der Waals surface area contributed by atoms with Crippen molar-refractivity contribution in [2.24, 2.45) is 0 Å². The van der Waals surface area contributed by atoms with Gasteiger partial charge in [0.15, 0.2) is 0 Å². The Bertz CT molecular complexity index is 3340. The SMILES string of the molecule is CC(C)(C)c1ccc(-c2cnc(-n3c4[c-]c(Oc5[c-]c(N6[CH-]N(c7cc(C(C)(C)C)cc(C(C)(C)C)c7)c7c(-c8ccccc8)cccc76)ccc5)ccc4c4ccccc43)cc2C(C)(C)C)cc1.[Pt]. The van der Waals surface area contributed by atoms with Crippen molar-refractivity contribution < 1.29 is 25.8 Å². The maximum atomic E-state index is 6.76. The summed E-state index contributed by atoms with van der Waals surface area (Å²) in [4.78, 5) is 9.80. The van der Waals surface area contributed by atoms with Gasteiger partial charge in [0, 0.05) is 72.5 Å². The summed E-state index contributed by atoms with van der Waals surface area (Å²) in [5.74, 6) is 2.03. The third kappa shape index (κ3) is 9.22. The van der Waals surface area contributed by atoms with Gasteiger partial charge < -0.3 is 19.1 Å². The summed E-state index contributed by atoms with van der Waals surface area (Å²) < 4.78 is 8.99. The van der Waals surface area contributed by atoms with Crippen molar-refractivity contribution in [2.75, 3.05) is 9.80 Å². The van der Waals surface area contributed by atoms with E-state index in [1.165, 1.54) is 27.8 Å². The number of anilines is 4. The van der Waals surface area contributed by atoms with Crippen LogP contribution in [0.4, 0.5) is 22.7 Å². The fraction of sp³-hybridized carbons (Fsp3) is 0.250. The summed E-state index contributed by atoms with van der Waals surface area (Å²) >= 11 is 0. The van der Waals surface area contributed by atoms with Gasteiger partial charge in [0.05, 0.1) is 0 Å². The standard InChI is InChI=1S/C64H63N4O.Pt/c1-61(2,3)44-30-28-43(29-31-44)54-40-65-59(39-55(54)64(10,11)12)68-56-26-17-16-24-52(56)53-33-32-50(38-58(53)68)69-49-23-18-22-47(37-49)66-41-67(48-35-45(62(4,5)6)34-46(36-48)63(7,8)9)60-51(25-19-27-57(60)66)42-20-14-13-15-21-42;/h13-36,39-41H,1-12H3;/q-3;. The normalized spacial score (nSPS) is 13.2. The van der Waals surface area contributed by atoms with Crippen molar-refractivity contribution >= 4 is 44.6 Å². The third-order valence-electron chi connectivity index (χ3n) is 13.5. The molecule has 1 aliphatic rings. The van der Waals surface area contributed by atoms with Crippen LogP contribution in [0.2, 0.25) is 0 Å². The molecule has 7 aromatic carbocycles. The number of para-hydroxylation sites is 2. The van der Waals surface area contributed by atoms with Crippen LogP contribution in [0.15, 0.2) is 158 Å². The average molecular weight is 1100 g/mol. The molecule has 0 spiro atoms. The van der Waals surface area contributed by atoms with E-state index in [-0.39, 0.29) is 42.7 Å². The molecule has 70 heavy (non-hydrogen) atoms. The molecule has 9 aromatic rings. The van der Waals surface area contributed by atoms with E-state index < -0.39 is 0 Å². The number of rotatable bonds is 7. The molecule has 0 amide bonds. The van der Waals surface area contributed by atoms with E-state index in [0.29, 0.717) is 11.5 Å². The van der Waals surface area contributed by atoms with Crippen molar-refractivity contribution in [1.82, 2.24) is 9.55 Å².